The number of carboxylic acid groups (broad SMARTS) is 1. The first-order valence-electron chi connectivity index (χ1n) is 21.0. The van der Waals surface area contributed by atoms with Crippen molar-refractivity contribution in [1.29, 1.82) is 0 Å². The summed E-state index contributed by atoms with van der Waals surface area (Å²) in [6.07, 6.45) is 60.8. The van der Waals surface area contributed by atoms with Crippen molar-refractivity contribution in [2.45, 2.75) is 168 Å². The molecule has 0 radical (unpaired) electrons. The van der Waals surface area contributed by atoms with Crippen molar-refractivity contribution in [2.24, 2.45) is 0 Å². The van der Waals surface area contributed by atoms with E-state index < -0.39 is 5.97 Å². The van der Waals surface area contributed by atoms with Crippen molar-refractivity contribution >= 4 is 17.8 Å². The molecule has 6 nitrogen and oxygen atoms in total. The van der Waals surface area contributed by atoms with Gasteiger partial charge in [-0.3, -0.25) is 14.4 Å². The van der Waals surface area contributed by atoms with Gasteiger partial charge in [0.05, 0.1) is 0 Å². The number of unbranched alkanes of at least 4 members (excludes halogenated alkanes) is 9. The zero-order chi connectivity index (χ0) is 39.4. The second-order valence-corrected chi connectivity index (χ2v) is 13.5. The van der Waals surface area contributed by atoms with E-state index in [1.54, 1.807) is 0 Å². The van der Waals surface area contributed by atoms with Crippen LogP contribution in [0, 0.1) is 0 Å². The van der Waals surface area contributed by atoms with Crippen LogP contribution in [0.25, 0.3) is 0 Å². The Morgan fingerprint density at radius 1 is 0.500 bits per heavy atom. The van der Waals surface area contributed by atoms with Crippen molar-refractivity contribution in [3.8, 4) is 0 Å². The average molecular weight is 746 g/mol. The summed E-state index contributed by atoms with van der Waals surface area (Å²) >= 11 is 0. The topological polar surface area (TPSA) is 92.7 Å². The van der Waals surface area contributed by atoms with E-state index in [9.17, 15) is 14.4 Å². The number of carboxylic acids is 1. The fraction of sp³-hybridized carbons (Fsp3) is 0.562. The van der Waals surface area contributed by atoms with Crippen LogP contribution in [-0.2, 0) is 19.1 Å². The monoisotopic (exact) mass is 746 g/mol. The molecule has 0 saturated heterocycles. The van der Waals surface area contributed by atoms with Gasteiger partial charge in [0.15, 0.2) is 0 Å². The van der Waals surface area contributed by atoms with Crippen molar-refractivity contribution in [3.05, 3.63) is 109 Å². The van der Waals surface area contributed by atoms with Gasteiger partial charge in [-0.05, 0) is 102 Å². The lowest BCUT2D eigenvalue weighted by Gasteiger charge is -2.14. The van der Waals surface area contributed by atoms with Crippen LogP contribution in [0.3, 0.4) is 0 Å². The van der Waals surface area contributed by atoms with E-state index in [1.807, 2.05) is 6.08 Å². The van der Waals surface area contributed by atoms with Gasteiger partial charge >= 0.3 is 11.9 Å². The largest absolute Gasteiger partial charge is 0.480 e. The number of carbonyl (C=O) groups excluding carboxylic acids is 2. The minimum atomic E-state index is -1.03. The second kappa shape index (κ2) is 41.8. The van der Waals surface area contributed by atoms with Crippen molar-refractivity contribution in [3.63, 3.8) is 0 Å². The van der Waals surface area contributed by atoms with Gasteiger partial charge in [0, 0.05) is 12.8 Å². The highest BCUT2D eigenvalue weighted by atomic mass is 16.5. The summed E-state index contributed by atoms with van der Waals surface area (Å²) in [7, 11) is 0. The summed E-state index contributed by atoms with van der Waals surface area (Å²) in [5.74, 6) is -1.37. The van der Waals surface area contributed by atoms with E-state index in [1.165, 1.54) is 12.8 Å². The Morgan fingerprint density at radius 3 is 1.41 bits per heavy atom. The maximum Gasteiger partial charge on any atom is 0.322 e. The number of rotatable bonds is 36. The zero-order valence-electron chi connectivity index (χ0n) is 34.0. The average Bonchev–Trinajstić information content (AvgIpc) is 3.16. The molecule has 54 heavy (non-hydrogen) atoms. The minimum Gasteiger partial charge on any atom is -0.480 e. The lowest BCUT2D eigenvalue weighted by molar-refractivity contribution is -0.147. The van der Waals surface area contributed by atoms with Crippen molar-refractivity contribution in [2.75, 3.05) is 6.54 Å². The van der Waals surface area contributed by atoms with Crippen LogP contribution in [0.15, 0.2) is 109 Å². The fourth-order valence-electron chi connectivity index (χ4n) is 5.39. The highest BCUT2D eigenvalue weighted by molar-refractivity contribution is 5.80. The molecular formula is C48H75NO5. The predicted octanol–water partition coefficient (Wildman–Crippen LogP) is 13.1. The number of carbonyl (C=O) groups is 3. The molecule has 0 heterocycles. The Hall–Kier alpha value is -3.93. The van der Waals surface area contributed by atoms with Gasteiger partial charge in [0.25, 0.3) is 0 Å². The molecule has 0 aromatic rings. The van der Waals surface area contributed by atoms with Crippen LogP contribution >= 0.6 is 0 Å². The molecule has 0 aromatic heterocycles. The Morgan fingerprint density at radius 2 is 0.907 bits per heavy atom. The van der Waals surface area contributed by atoms with Gasteiger partial charge < -0.3 is 15.2 Å². The van der Waals surface area contributed by atoms with Crippen LogP contribution < -0.4 is 5.32 Å². The minimum absolute atomic E-state index is 0.117. The first kappa shape index (κ1) is 50.1. The summed E-state index contributed by atoms with van der Waals surface area (Å²) in [5.41, 5.74) is 0. The summed E-state index contributed by atoms with van der Waals surface area (Å²) in [6, 6.07) is 0. The van der Waals surface area contributed by atoms with E-state index >= 15 is 0 Å². The Balaban J connectivity index is 4.30. The Labute approximate surface area is 330 Å². The molecule has 0 saturated carbocycles. The van der Waals surface area contributed by atoms with Crippen LogP contribution in [0.2, 0.25) is 0 Å². The Bertz CT molecular complexity index is 1180. The molecule has 0 bridgehead atoms. The number of hydrogen-bond acceptors (Lipinski definition) is 4. The summed E-state index contributed by atoms with van der Waals surface area (Å²) < 4.78 is 5.90. The lowest BCUT2D eigenvalue weighted by Crippen LogP contribution is -2.28. The fourth-order valence-corrected chi connectivity index (χ4v) is 5.39. The number of amides is 1. The molecule has 1 amide bonds. The second-order valence-electron chi connectivity index (χ2n) is 13.5. The molecule has 1 unspecified atom stereocenters. The smallest absolute Gasteiger partial charge is 0.322 e. The molecule has 0 aliphatic rings. The van der Waals surface area contributed by atoms with E-state index in [0.717, 1.165) is 122 Å². The van der Waals surface area contributed by atoms with Gasteiger partial charge in [0.1, 0.15) is 12.6 Å². The molecule has 0 fully saturated rings. The number of allylic oxidation sites excluding steroid dienone is 17. The maximum atomic E-state index is 12.7. The first-order chi connectivity index (χ1) is 26.5. The van der Waals surface area contributed by atoms with Gasteiger partial charge in [-0.1, -0.05) is 156 Å². The quantitative estimate of drug-likeness (QED) is 0.0378. The van der Waals surface area contributed by atoms with Gasteiger partial charge in [0.2, 0.25) is 5.91 Å². The van der Waals surface area contributed by atoms with Gasteiger partial charge in [-0.15, -0.1) is 0 Å². The molecule has 1 atom stereocenters. The molecule has 0 aliphatic heterocycles. The number of hydrogen-bond donors (Lipinski definition) is 2. The third-order valence-corrected chi connectivity index (χ3v) is 8.42. The van der Waals surface area contributed by atoms with Crippen molar-refractivity contribution < 1.29 is 24.2 Å². The molecule has 6 heteroatoms. The number of esters is 1. The van der Waals surface area contributed by atoms with E-state index in [0.29, 0.717) is 12.8 Å². The number of nitrogens with one attached hydrogen (secondary N) is 1. The van der Waals surface area contributed by atoms with Crippen molar-refractivity contribution in [1.82, 2.24) is 5.32 Å². The zero-order valence-corrected chi connectivity index (χ0v) is 34.0. The lowest BCUT2D eigenvalue weighted by atomic mass is 10.1. The molecule has 0 spiro atoms. The highest BCUT2D eigenvalue weighted by Gasteiger charge is 2.11. The first-order valence-corrected chi connectivity index (χ1v) is 21.0. The number of ether oxygens (including phenoxy) is 1. The van der Waals surface area contributed by atoms with Crippen LogP contribution in [0.1, 0.15) is 162 Å². The maximum absolute atomic E-state index is 12.7. The summed E-state index contributed by atoms with van der Waals surface area (Å²) in [6.45, 7) is 3.96. The summed E-state index contributed by atoms with van der Waals surface area (Å²) in [5, 5.41) is 11.1. The molecule has 0 aliphatic carbocycles. The third-order valence-electron chi connectivity index (χ3n) is 8.42. The van der Waals surface area contributed by atoms with Crippen LogP contribution in [0.5, 0.6) is 0 Å². The SMILES string of the molecule is CC/C=C\C/C=C\C/C=C\C/C=C\C/C=C\CCCCCCCC(=O)OC(/C=C\C/C=C\C/C=C\C/C=C\CC)CCCCCCCC(=O)NCC(=O)O. The van der Waals surface area contributed by atoms with E-state index in [-0.39, 0.29) is 24.5 Å². The van der Waals surface area contributed by atoms with E-state index in [2.05, 4.69) is 122 Å². The third kappa shape index (κ3) is 40.8. The van der Waals surface area contributed by atoms with E-state index in [4.69, 9.17) is 9.84 Å². The molecule has 0 aromatic carbocycles. The Kier molecular flexibility index (Phi) is 38.8. The predicted molar refractivity (Wildman–Crippen MR) is 230 cm³/mol. The molecular weight excluding hydrogens is 671 g/mol. The van der Waals surface area contributed by atoms with Gasteiger partial charge in [-0.25, -0.2) is 0 Å². The summed E-state index contributed by atoms with van der Waals surface area (Å²) in [4.78, 5) is 35.0. The van der Waals surface area contributed by atoms with Crippen LogP contribution in [0.4, 0.5) is 0 Å². The molecule has 2 N–H and O–H groups in total. The normalized spacial score (nSPS) is 13.2. The standard InChI is InChI=1S/C48H75NO5/c1-3-5-7-9-11-13-15-16-17-18-19-20-21-22-23-24-26-28-30-35-39-43-48(53)54-45(40-36-32-29-27-25-14-12-10-8-6-4-2)41-37-33-31-34-38-42-46(50)49-44-47(51)52/h5-8,11-14,16-17,19-20,22-23,27,29,36,40,45H,3-4,9-10,15,18,21,24-26,28,30-35,37-39,41-44H2,1-2H3,(H,49,50)(H,51,52)/b7-5-,8-6-,13-11-,14-12-,17-16-,20-19-,23-22-,29-27-,40-36-. The van der Waals surface area contributed by atoms with Gasteiger partial charge in [-0.2, -0.15) is 0 Å². The van der Waals surface area contributed by atoms with Crippen LogP contribution in [-0.4, -0.2) is 35.6 Å². The molecule has 0 rings (SSSR count). The molecule has 302 valence electrons. The highest BCUT2D eigenvalue weighted by Crippen LogP contribution is 2.15. The number of aliphatic carboxylic acids is 1.